The molecule has 1 atom stereocenters. The Morgan fingerprint density at radius 2 is 2.07 bits per heavy atom. The summed E-state index contributed by atoms with van der Waals surface area (Å²) in [6.07, 6.45) is 5.35. The Labute approximate surface area is 95.2 Å². The van der Waals surface area contributed by atoms with Gasteiger partial charge in [-0.2, -0.15) is 0 Å². The largest absolute Gasteiger partial charge is 0.392 e. The van der Waals surface area contributed by atoms with Crippen molar-refractivity contribution in [3.8, 4) is 0 Å². The number of hydrogen-bond acceptors (Lipinski definition) is 2. The molecule has 2 amide bonds. The van der Waals surface area contributed by atoms with Crippen LogP contribution in [0.5, 0.6) is 0 Å². The zero-order chi connectivity index (χ0) is 10.8. The van der Waals surface area contributed by atoms with Crippen LogP contribution in [0.2, 0.25) is 0 Å². The number of carbonyl (C=O) groups excluding carboxylic acids is 1. The Balaban J connectivity index is 1.90. The van der Waals surface area contributed by atoms with Gasteiger partial charge in [-0.25, -0.2) is 4.79 Å². The standard InChI is InChI=1S/C10H17N3OS/c11-9(15)8-5-2-6-13(8)10(14)12-7-3-1-4-7/h7-8H,1-6H2,(H2,11,15)(H,12,14). The smallest absolute Gasteiger partial charge is 0.318 e. The SMILES string of the molecule is NC(=S)C1CCCN1C(=O)NC1CCC1. The zero-order valence-electron chi connectivity index (χ0n) is 8.74. The van der Waals surface area contributed by atoms with E-state index in [1.54, 1.807) is 4.90 Å². The number of nitrogens with one attached hydrogen (secondary N) is 1. The molecule has 4 nitrogen and oxygen atoms in total. The first-order valence-electron chi connectivity index (χ1n) is 5.55. The van der Waals surface area contributed by atoms with Gasteiger partial charge in [-0.3, -0.25) is 0 Å². The predicted molar refractivity (Wildman–Crippen MR) is 62.7 cm³/mol. The van der Waals surface area contributed by atoms with E-state index >= 15 is 0 Å². The number of carbonyl (C=O) groups is 1. The van der Waals surface area contributed by atoms with Gasteiger partial charge in [-0.1, -0.05) is 12.2 Å². The summed E-state index contributed by atoms with van der Waals surface area (Å²) in [5.74, 6) is 0. The van der Waals surface area contributed by atoms with Gasteiger partial charge in [0.25, 0.3) is 0 Å². The number of amides is 2. The minimum atomic E-state index is -0.0277. The number of urea groups is 1. The van der Waals surface area contributed by atoms with Crippen LogP contribution in [0.15, 0.2) is 0 Å². The summed E-state index contributed by atoms with van der Waals surface area (Å²) >= 11 is 4.96. The molecule has 2 fully saturated rings. The highest BCUT2D eigenvalue weighted by molar-refractivity contribution is 7.80. The van der Waals surface area contributed by atoms with E-state index in [-0.39, 0.29) is 12.1 Å². The molecule has 1 aliphatic carbocycles. The third-order valence-electron chi connectivity index (χ3n) is 3.27. The summed E-state index contributed by atoms with van der Waals surface area (Å²) in [4.78, 5) is 14.1. The molecule has 0 bridgehead atoms. The molecule has 1 aliphatic heterocycles. The Morgan fingerprint density at radius 1 is 1.33 bits per heavy atom. The molecule has 0 aromatic heterocycles. The van der Waals surface area contributed by atoms with Crippen molar-refractivity contribution in [1.82, 2.24) is 10.2 Å². The van der Waals surface area contributed by atoms with Gasteiger partial charge in [-0.15, -0.1) is 0 Å². The van der Waals surface area contributed by atoms with Gasteiger partial charge >= 0.3 is 6.03 Å². The van der Waals surface area contributed by atoms with E-state index < -0.39 is 0 Å². The van der Waals surface area contributed by atoms with Crippen LogP contribution in [-0.2, 0) is 0 Å². The van der Waals surface area contributed by atoms with Gasteiger partial charge in [0.05, 0.1) is 11.0 Å². The van der Waals surface area contributed by atoms with E-state index in [0.29, 0.717) is 11.0 Å². The first-order valence-corrected chi connectivity index (χ1v) is 5.96. The third-order valence-corrected chi connectivity index (χ3v) is 3.55. The summed E-state index contributed by atoms with van der Waals surface area (Å²) < 4.78 is 0. The van der Waals surface area contributed by atoms with Crippen LogP contribution < -0.4 is 11.1 Å². The van der Waals surface area contributed by atoms with E-state index in [2.05, 4.69) is 5.32 Å². The molecule has 2 aliphatic rings. The molecule has 1 saturated heterocycles. The van der Waals surface area contributed by atoms with E-state index in [1.165, 1.54) is 6.42 Å². The van der Waals surface area contributed by atoms with Crippen LogP contribution in [0, 0.1) is 0 Å². The molecule has 0 spiro atoms. The molecule has 5 heteroatoms. The predicted octanol–water partition coefficient (Wildman–Crippen LogP) is 0.999. The second-order valence-electron chi connectivity index (χ2n) is 4.33. The molecular formula is C10H17N3OS. The average molecular weight is 227 g/mol. The fraction of sp³-hybridized carbons (Fsp3) is 0.800. The normalized spacial score (nSPS) is 26.1. The Bertz CT molecular complexity index is 278. The maximum Gasteiger partial charge on any atom is 0.318 e. The van der Waals surface area contributed by atoms with Gasteiger partial charge in [0.2, 0.25) is 0 Å². The van der Waals surface area contributed by atoms with E-state index in [1.807, 2.05) is 0 Å². The maximum atomic E-state index is 11.9. The first kappa shape index (κ1) is 10.7. The van der Waals surface area contributed by atoms with Crippen molar-refractivity contribution in [3.05, 3.63) is 0 Å². The lowest BCUT2D eigenvalue weighted by atomic mass is 9.93. The maximum absolute atomic E-state index is 11.9. The second-order valence-corrected chi connectivity index (χ2v) is 4.80. The highest BCUT2D eigenvalue weighted by atomic mass is 32.1. The van der Waals surface area contributed by atoms with E-state index in [4.69, 9.17) is 18.0 Å². The average Bonchev–Trinajstić information content (AvgIpc) is 2.59. The van der Waals surface area contributed by atoms with Gasteiger partial charge in [0, 0.05) is 12.6 Å². The summed E-state index contributed by atoms with van der Waals surface area (Å²) in [5, 5.41) is 3.01. The van der Waals surface area contributed by atoms with Gasteiger partial charge in [0.15, 0.2) is 0 Å². The second kappa shape index (κ2) is 4.35. The zero-order valence-corrected chi connectivity index (χ0v) is 9.55. The molecule has 0 radical (unpaired) electrons. The van der Waals surface area contributed by atoms with Crippen LogP contribution in [-0.4, -0.2) is 34.5 Å². The summed E-state index contributed by atoms with van der Waals surface area (Å²) in [6, 6.07) is 0.361. The van der Waals surface area contributed by atoms with Crippen LogP contribution in [0.1, 0.15) is 32.1 Å². The van der Waals surface area contributed by atoms with Gasteiger partial charge in [0.1, 0.15) is 0 Å². The number of likely N-dealkylation sites (tertiary alicyclic amines) is 1. The van der Waals surface area contributed by atoms with Crippen LogP contribution >= 0.6 is 12.2 Å². The van der Waals surface area contributed by atoms with E-state index in [9.17, 15) is 4.79 Å². The van der Waals surface area contributed by atoms with Crippen LogP contribution in [0.4, 0.5) is 4.79 Å². The minimum Gasteiger partial charge on any atom is -0.392 e. The highest BCUT2D eigenvalue weighted by Gasteiger charge is 2.32. The number of thiocarbonyl (C=S) groups is 1. The van der Waals surface area contributed by atoms with Crippen molar-refractivity contribution in [2.24, 2.45) is 5.73 Å². The Hall–Kier alpha value is -0.840. The molecular weight excluding hydrogens is 210 g/mol. The summed E-state index contributed by atoms with van der Waals surface area (Å²) in [5.41, 5.74) is 5.61. The fourth-order valence-electron chi connectivity index (χ4n) is 2.12. The molecule has 84 valence electrons. The number of hydrogen-bond donors (Lipinski definition) is 2. The van der Waals surface area contributed by atoms with Crippen LogP contribution in [0.3, 0.4) is 0 Å². The lowest BCUT2D eigenvalue weighted by Crippen LogP contribution is -2.51. The monoisotopic (exact) mass is 227 g/mol. The molecule has 15 heavy (non-hydrogen) atoms. The van der Waals surface area contributed by atoms with Gasteiger partial charge < -0.3 is 16.0 Å². The molecule has 0 aromatic carbocycles. The van der Waals surface area contributed by atoms with E-state index in [0.717, 1.165) is 32.2 Å². The van der Waals surface area contributed by atoms with Crippen molar-refractivity contribution in [2.75, 3.05) is 6.54 Å². The first-order chi connectivity index (χ1) is 7.18. The number of nitrogens with two attached hydrogens (primary N) is 1. The highest BCUT2D eigenvalue weighted by Crippen LogP contribution is 2.21. The lowest BCUT2D eigenvalue weighted by Gasteiger charge is -2.31. The molecule has 3 N–H and O–H groups in total. The topological polar surface area (TPSA) is 58.4 Å². The van der Waals surface area contributed by atoms with Crippen molar-refractivity contribution < 1.29 is 4.79 Å². The number of rotatable bonds is 2. The van der Waals surface area contributed by atoms with Crippen molar-refractivity contribution in [3.63, 3.8) is 0 Å². The van der Waals surface area contributed by atoms with Crippen LogP contribution in [0.25, 0.3) is 0 Å². The molecule has 1 saturated carbocycles. The molecule has 1 heterocycles. The molecule has 1 unspecified atom stereocenters. The van der Waals surface area contributed by atoms with Crippen molar-refractivity contribution in [1.29, 1.82) is 0 Å². The lowest BCUT2D eigenvalue weighted by molar-refractivity contribution is 0.191. The fourth-order valence-corrected chi connectivity index (χ4v) is 2.36. The number of nitrogens with zero attached hydrogens (tertiary/aromatic N) is 1. The Kier molecular flexibility index (Phi) is 3.09. The summed E-state index contributed by atoms with van der Waals surface area (Å²) in [6.45, 7) is 0.778. The Morgan fingerprint density at radius 3 is 2.60 bits per heavy atom. The van der Waals surface area contributed by atoms with Crippen molar-refractivity contribution >= 4 is 23.2 Å². The third kappa shape index (κ3) is 2.22. The molecule has 2 rings (SSSR count). The quantitative estimate of drug-likeness (QED) is 0.692. The minimum absolute atomic E-state index is 0.00926. The molecule has 0 aromatic rings. The van der Waals surface area contributed by atoms with Gasteiger partial charge in [-0.05, 0) is 32.1 Å². The van der Waals surface area contributed by atoms with Crippen molar-refractivity contribution in [2.45, 2.75) is 44.2 Å². The summed E-state index contributed by atoms with van der Waals surface area (Å²) in [7, 11) is 0.